The van der Waals surface area contributed by atoms with Gasteiger partial charge < -0.3 is 0 Å². The zero-order valence-electron chi connectivity index (χ0n) is 12.8. The summed E-state index contributed by atoms with van der Waals surface area (Å²) in [5.74, 6) is 6.53. The van der Waals surface area contributed by atoms with Crippen LogP contribution in [0.15, 0.2) is 54.9 Å². The molecule has 2 rings (SSSR count). The fourth-order valence-corrected chi connectivity index (χ4v) is 2.11. The quantitative estimate of drug-likeness (QED) is 0.775. The maximum absolute atomic E-state index is 4.07. The van der Waals surface area contributed by atoms with Crippen LogP contribution in [0, 0.1) is 11.8 Å². The van der Waals surface area contributed by atoms with Gasteiger partial charge in [-0.15, -0.1) is 0 Å². The first kappa shape index (κ1) is 15.3. The predicted octanol–water partition coefficient (Wildman–Crippen LogP) is 3.73. The fraction of sp³-hybridized carbons (Fsp3) is 0.316. The van der Waals surface area contributed by atoms with Crippen LogP contribution in [-0.2, 0) is 6.54 Å². The van der Waals surface area contributed by atoms with Crippen molar-refractivity contribution in [2.45, 2.75) is 32.9 Å². The second-order valence-electron chi connectivity index (χ2n) is 5.19. The molecule has 0 fully saturated rings. The molecule has 0 spiro atoms. The Morgan fingerprint density at radius 3 is 2.48 bits per heavy atom. The maximum atomic E-state index is 4.07. The SMILES string of the molecule is CCC(C)N(CC#Cc1ccccc1)Cc1ccncc1. The van der Waals surface area contributed by atoms with Crippen LogP contribution in [0.1, 0.15) is 31.4 Å². The van der Waals surface area contributed by atoms with Gasteiger partial charge in [-0.25, -0.2) is 0 Å². The van der Waals surface area contributed by atoms with Crippen molar-refractivity contribution < 1.29 is 0 Å². The lowest BCUT2D eigenvalue weighted by molar-refractivity contribution is 0.221. The molecule has 0 aliphatic heterocycles. The second kappa shape index (κ2) is 8.24. The summed E-state index contributed by atoms with van der Waals surface area (Å²) in [6, 6.07) is 14.8. The summed E-state index contributed by atoms with van der Waals surface area (Å²) in [6.45, 7) is 6.17. The standard InChI is InChI=1S/C19H22N2/c1-3-17(2)21(16-19-11-13-20-14-12-19)15-7-10-18-8-5-4-6-9-18/h4-6,8-9,11-14,17H,3,15-16H2,1-2H3. The third kappa shape index (κ3) is 5.06. The molecule has 2 nitrogen and oxygen atoms in total. The van der Waals surface area contributed by atoms with Crippen molar-refractivity contribution in [3.8, 4) is 11.8 Å². The number of aromatic nitrogens is 1. The number of nitrogens with zero attached hydrogens (tertiary/aromatic N) is 2. The molecule has 1 aromatic carbocycles. The monoisotopic (exact) mass is 278 g/mol. The molecule has 21 heavy (non-hydrogen) atoms. The molecular formula is C19H22N2. The highest BCUT2D eigenvalue weighted by Crippen LogP contribution is 2.09. The lowest BCUT2D eigenvalue weighted by Crippen LogP contribution is -2.32. The number of rotatable bonds is 5. The van der Waals surface area contributed by atoms with Crippen LogP contribution in [0.5, 0.6) is 0 Å². The van der Waals surface area contributed by atoms with E-state index in [4.69, 9.17) is 0 Å². The summed E-state index contributed by atoms with van der Waals surface area (Å²) >= 11 is 0. The van der Waals surface area contributed by atoms with Gasteiger partial charge in [-0.05, 0) is 43.2 Å². The molecule has 0 amide bonds. The van der Waals surface area contributed by atoms with Crippen LogP contribution >= 0.6 is 0 Å². The van der Waals surface area contributed by atoms with E-state index in [2.05, 4.69) is 47.7 Å². The molecule has 2 aromatic rings. The van der Waals surface area contributed by atoms with E-state index < -0.39 is 0 Å². The smallest absolute Gasteiger partial charge is 0.0610 e. The molecule has 1 unspecified atom stereocenters. The van der Waals surface area contributed by atoms with Crippen molar-refractivity contribution in [1.82, 2.24) is 9.88 Å². The molecule has 2 heteroatoms. The Kier molecular flexibility index (Phi) is 5.99. The molecule has 0 saturated carbocycles. The number of hydrogen-bond acceptors (Lipinski definition) is 2. The van der Waals surface area contributed by atoms with Crippen LogP contribution in [0.3, 0.4) is 0 Å². The van der Waals surface area contributed by atoms with Crippen molar-refractivity contribution in [3.63, 3.8) is 0 Å². The third-order valence-electron chi connectivity index (χ3n) is 3.64. The van der Waals surface area contributed by atoms with Crippen LogP contribution < -0.4 is 0 Å². The van der Waals surface area contributed by atoms with E-state index in [1.54, 1.807) is 0 Å². The van der Waals surface area contributed by atoms with Gasteiger partial charge in [0.2, 0.25) is 0 Å². The molecule has 1 heterocycles. The molecule has 0 bridgehead atoms. The van der Waals surface area contributed by atoms with Crippen LogP contribution in [0.25, 0.3) is 0 Å². The van der Waals surface area contributed by atoms with Gasteiger partial charge in [0.05, 0.1) is 6.54 Å². The summed E-state index contributed by atoms with van der Waals surface area (Å²) in [6.07, 6.45) is 4.82. The minimum Gasteiger partial charge on any atom is -0.285 e. The zero-order valence-corrected chi connectivity index (χ0v) is 12.8. The van der Waals surface area contributed by atoms with Crippen molar-refractivity contribution in [2.75, 3.05) is 6.54 Å². The van der Waals surface area contributed by atoms with Crippen LogP contribution in [0.4, 0.5) is 0 Å². The molecule has 0 aliphatic rings. The summed E-state index contributed by atoms with van der Waals surface area (Å²) < 4.78 is 0. The first-order chi connectivity index (χ1) is 10.3. The minimum absolute atomic E-state index is 0.517. The largest absolute Gasteiger partial charge is 0.285 e. The van der Waals surface area contributed by atoms with Crippen molar-refractivity contribution in [1.29, 1.82) is 0 Å². The van der Waals surface area contributed by atoms with E-state index in [0.29, 0.717) is 6.04 Å². The highest BCUT2D eigenvalue weighted by atomic mass is 15.1. The number of pyridine rings is 1. The van der Waals surface area contributed by atoms with E-state index >= 15 is 0 Å². The topological polar surface area (TPSA) is 16.1 Å². The van der Waals surface area contributed by atoms with E-state index in [9.17, 15) is 0 Å². The Morgan fingerprint density at radius 1 is 1.10 bits per heavy atom. The molecule has 0 radical (unpaired) electrons. The first-order valence-electron chi connectivity index (χ1n) is 7.46. The van der Waals surface area contributed by atoms with E-state index in [0.717, 1.165) is 25.1 Å². The van der Waals surface area contributed by atoms with Gasteiger partial charge >= 0.3 is 0 Å². The lowest BCUT2D eigenvalue weighted by atomic mass is 10.1. The molecule has 1 atom stereocenters. The number of benzene rings is 1. The number of hydrogen-bond donors (Lipinski definition) is 0. The van der Waals surface area contributed by atoms with Gasteiger partial charge in [0.1, 0.15) is 0 Å². The lowest BCUT2D eigenvalue weighted by Gasteiger charge is -2.26. The van der Waals surface area contributed by atoms with Crippen molar-refractivity contribution in [3.05, 3.63) is 66.0 Å². The summed E-state index contributed by atoms with van der Waals surface area (Å²) in [4.78, 5) is 6.48. The van der Waals surface area contributed by atoms with Crippen molar-refractivity contribution in [2.24, 2.45) is 0 Å². The first-order valence-corrected chi connectivity index (χ1v) is 7.46. The van der Waals surface area contributed by atoms with Crippen LogP contribution in [0.2, 0.25) is 0 Å². The molecule has 108 valence electrons. The highest BCUT2D eigenvalue weighted by Gasteiger charge is 2.11. The van der Waals surface area contributed by atoms with Gasteiger partial charge in [-0.2, -0.15) is 0 Å². The predicted molar refractivity (Wildman–Crippen MR) is 87.7 cm³/mol. The molecular weight excluding hydrogens is 256 g/mol. The van der Waals surface area contributed by atoms with Gasteiger partial charge in [-0.3, -0.25) is 9.88 Å². The molecule has 0 saturated heterocycles. The van der Waals surface area contributed by atoms with Gasteiger partial charge in [0.25, 0.3) is 0 Å². The minimum atomic E-state index is 0.517. The Balaban J connectivity index is 2.02. The summed E-state index contributed by atoms with van der Waals surface area (Å²) in [5.41, 5.74) is 2.36. The maximum Gasteiger partial charge on any atom is 0.0610 e. The summed E-state index contributed by atoms with van der Waals surface area (Å²) in [7, 11) is 0. The fourth-order valence-electron chi connectivity index (χ4n) is 2.11. The average molecular weight is 278 g/mol. The Morgan fingerprint density at radius 2 is 1.81 bits per heavy atom. The average Bonchev–Trinajstić information content (AvgIpc) is 2.55. The van der Waals surface area contributed by atoms with Crippen LogP contribution in [-0.4, -0.2) is 22.5 Å². The van der Waals surface area contributed by atoms with Gasteiger partial charge in [0.15, 0.2) is 0 Å². The molecule has 0 N–H and O–H groups in total. The van der Waals surface area contributed by atoms with Crippen molar-refractivity contribution >= 4 is 0 Å². The Labute approximate surface area is 127 Å². The van der Waals surface area contributed by atoms with Gasteiger partial charge in [0, 0.05) is 30.5 Å². The van der Waals surface area contributed by atoms with Gasteiger partial charge in [-0.1, -0.05) is 37.0 Å². The third-order valence-corrected chi connectivity index (χ3v) is 3.64. The molecule has 1 aromatic heterocycles. The molecule has 0 aliphatic carbocycles. The van der Waals surface area contributed by atoms with E-state index in [1.165, 1.54) is 5.56 Å². The second-order valence-corrected chi connectivity index (χ2v) is 5.19. The van der Waals surface area contributed by atoms with E-state index in [-0.39, 0.29) is 0 Å². The highest BCUT2D eigenvalue weighted by molar-refractivity contribution is 5.33. The normalized spacial score (nSPS) is 11.8. The summed E-state index contributed by atoms with van der Waals surface area (Å²) in [5, 5.41) is 0. The Hall–Kier alpha value is -2.11. The zero-order chi connectivity index (χ0) is 14.9. The Bertz CT molecular complexity index is 581. The van der Waals surface area contributed by atoms with E-state index in [1.807, 2.05) is 42.7 Å².